The largest absolute Gasteiger partial charge is 0.361 e. The fraction of sp³-hybridized carbons (Fsp3) is 0.500. The minimum absolute atomic E-state index is 0.239. The highest BCUT2D eigenvalue weighted by Crippen LogP contribution is 2.15. The predicted octanol–water partition coefficient (Wildman–Crippen LogP) is 2.61. The molecular formula is C20H27N3O2. The van der Waals surface area contributed by atoms with E-state index in [2.05, 4.69) is 40.4 Å². The number of rotatable bonds is 6. The molecule has 1 fully saturated rings. The van der Waals surface area contributed by atoms with Gasteiger partial charge < -0.3 is 9.42 Å². The second kappa shape index (κ2) is 8.30. The van der Waals surface area contributed by atoms with Gasteiger partial charge in [-0.1, -0.05) is 35.5 Å². The number of amides is 1. The molecule has 134 valence electrons. The number of piperazine rings is 1. The Labute approximate surface area is 149 Å². The van der Waals surface area contributed by atoms with Gasteiger partial charge in [-0.05, 0) is 32.3 Å². The van der Waals surface area contributed by atoms with Gasteiger partial charge in [0.1, 0.15) is 5.76 Å². The van der Waals surface area contributed by atoms with Crippen molar-refractivity contribution in [2.24, 2.45) is 0 Å². The lowest BCUT2D eigenvalue weighted by Gasteiger charge is -2.34. The molecule has 1 saturated heterocycles. The summed E-state index contributed by atoms with van der Waals surface area (Å²) in [5, 5.41) is 3.96. The molecule has 5 heteroatoms. The van der Waals surface area contributed by atoms with Crippen LogP contribution < -0.4 is 0 Å². The van der Waals surface area contributed by atoms with Crippen LogP contribution in [0.2, 0.25) is 0 Å². The molecule has 0 saturated carbocycles. The summed E-state index contributed by atoms with van der Waals surface area (Å²) in [6.07, 6.45) is 2.32. The van der Waals surface area contributed by atoms with Gasteiger partial charge in [0.2, 0.25) is 5.91 Å². The predicted molar refractivity (Wildman–Crippen MR) is 97.5 cm³/mol. The zero-order chi connectivity index (χ0) is 17.6. The standard InChI is InChI=1S/C20H27N3O2/c1-16-19(17(2)25-21-16)8-9-20(24)23-14-12-22(13-15-23)11-10-18-6-4-3-5-7-18/h3-7H,8-15H2,1-2H3. The monoisotopic (exact) mass is 341 g/mol. The molecule has 1 aliphatic heterocycles. The van der Waals surface area contributed by atoms with Crippen molar-refractivity contribution in [1.82, 2.24) is 15.0 Å². The summed E-state index contributed by atoms with van der Waals surface area (Å²) in [6.45, 7) is 8.48. The first kappa shape index (κ1) is 17.7. The molecular weight excluding hydrogens is 314 g/mol. The Hall–Kier alpha value is -2.14. The van der Waals surface area contributed by atoms with E-state index in [1.807, 2.05) is 18.7 Å². The number of aromatic nitrogens is 1. The average molecular weight is 341 g/mol. The number of carbonyl (C=O) groups is 1. The lowest BCUT2D eigenvalue weighted by Crippen LogP contribution is -2.49. The van der Waals surface area contributed by atoms with Crippen LogP contribution in [-0.2, 0) is 17.6 Å². The van der Waals surface area contributed by atoms with Crippen molar-refractivity contribution in [1.29, 1.82) is 0 Å². The van der Waals surface area contributed by atoms with Gasteiger partial charge in [0, 0.05) is 44.7 Å². The summed E-state index contributed by atoms with van der Waals surface area (Å²) in [4.78, 5) is 16.9. The third-order valence-corrected chi connectivity index (χ3v) is 5.05. The highest BCUT2D eigenvalue weighted by Gasteiger charge is 2.21. The maximum atomic E-state index is 12.5. The topological polar surface area (TPSA) is 49.6 Å². The Balaban J connectivity index is 1.40. The molecule has 0 unspecified atom stereocenters. The highest BCUT2D eigenvalue weighted by molar-refractivity contribution is 5.76. The molecule has 0 radical (unpaired) electrons. The van der Waals surface area contributed by atoms with Crippen LogP contribution in [-0.4, -0.2) is 53.6 Å². The van der Waals surface area contributed by atoms with E-state index in [1.54, 1.807) is 0 Å². The molecule has 2 aromatic rings. The fourth-order valence-electron chi connectivity index (χ4n) is 3.40. The molecule has 0 aliphatic carbocycles. The maximum absolute atomic E-state index is 12.5. The van der Waals surface area contributed by atoms with Gasteiger partial charge in [-0.2, -0.15) is 0 Å². The number of hydrogen-bond donors (Lipinski definition) is 0. The number of carbonyl (C=O) groups excluding carboxylic acids is 1. The lowest BCUT2D eigenvalue weighted by atomic mass is 10.1. The average Bonchev–Trinajstić information content (AvgIpc) is 2.97. The summed E-state index contributed by atoms with van der Waals surface area (Å²) in [7, 11) is 0. The molecule has 5 nitrogen and oxygen atoms in total. The number of nitrogens with zero attached hydrogens (tertiary/aromatic N) is 3. The zero-order valence-electron chi connectivity index (χ0n) is 15.2. The molecule has 0 bridgehead atoms. The van der Waals surface area contributed by atoms with Crippen molar-refractivity contribution in [3.63, 3.8) is 0 Å². The van der Waals surface area contributed by atoms with Gasteiger partial charge in [-0.15, -0.1) is 0 Å². The SMILES string of the molecule is Cc1noc(C)c1CCC(=O)N1CCN(CCc2ccccc2)CC1. The second-order valence-electron chi connectivity index (χ2n) is 6.76. The maximum Gasteiger partial charge on any atom is 0.222 e. The van der Waals surface area contributed by atoms with E-state index in [-0.39, 0.29) is 5.91 Å². The number of aryl methyl sites for hydroxylation is 2. The first-order valence-electron chi connectivity index (χ1n) is 9.09. The third kappa shape index (κ3) is 4.69. The Kier molecular flexibility index (Phi) is 5.87. The van der Waals surface area contributed by atoms with Crippen LogP contribution >= 0.6 is 0 Å². The minimum atomic E-state index is 0.239. The van der Waals surface area contributed by atoms with E-state index in [1.165, 1.54) is 5.56 Å². The fourth-order valence-corrected chi connectivity index (χ4v) is 3.40. The smallest absolute Gasteiger partial charge is 0.222 e. The second-order valence-corrected chi connectivity index (χ2v) is 6.76. The van der Waals surface area contributed by atoms with Crippen LogP contribution in [0, 0.1) is 13.8 Å². The van der Waals surface area contributed by atoms with E-state index in [9.17, 15) is 4.79 Å². The molecule has 1 aromatic carbocycles. The van der Waals surface area contributed by atoms with Crippen LogP contribution in [0.15, 0.2) is 34.9 Å². The van der Waals surface area contributed by atoms with Gasteiger partial charge in [-0.25, -0.2) is 0 Å². The normalized spacial score (nSPS) is 15.5. The number of benzene rings is 1. The van der Waals surface area contributed by atoms with Crippen molar-refractivity contribution in [3.8, 4) is 0 Å². The van der Waals surface area contributed by atoms with E-state index >= 15 is 0 Å². The molecule has 1 aliphatic rings. The molecule has 25 heavy (non-hydrogen) atoms. The third-order valence-electron chi connectivity index (χ3n) is 5.05. The van der Waals surface area contributed by atoms with Crippen molar-refractivity contribution in [2.75, 3.05) is 32.7 Å². The van der Waals surface area contributed by atoms with E-state index in [0.717, 1.165) is 56.2 Å². The summed E-state index contributed by atoms with van der Waals surface area (Å²) in [6, 6.07) is 10.6. The summed E-state index contributed by atoms with van der Waals surface area (Å²) in [5.74, 6) is 1.07. The summed E-state index contributed by atoms with van der Waals surface area (Å²) in [5.41, 5.74) is 3.35. The van der Waals surface area contributed by atoms with Crippen molar-refractivity contribution in [3.05, 3.63) is 52.9 Å². The Morgan fingerprint density at radius 3 is 2.44 bits per heavy atom. The van der Waals surface area contributed by atoms with E-state index in [0.29, 0.717) is 12.8 Å². The molecule has 2 heterocycles. The summed E-state index contributed by atoms with van der Waals surface area (Å²) < 4.78 is 5.17. The van der Waals surface area contributed by atoms with Crippen LogP contribution in [0.1, 0.15) is 29.0 Å². The van der Waals surface area contributed by atoms with Gasteiger partial charge in [0.25, 0.3) is 0 Å². The Bertz CT molecular complexity index is 669. The van der Waals surface area contributed by atoms with E-state index in [4.69, 9.17) is 4.52 Å². The van der Waals surface area contributed by atoms with Gasteiger partial charge in [-0.3, -0.25) is 9.69 Å². The van der Waals surface area contributed by atoms with Gasteiger partial charge >= 0.3 is 0 Å². The summed E-state index contributed by atoms with van der Waals surface area (Å²) >= 11 is 0. The van der Waals surface area contributed by atoms with Crippen molar-refractivity contribution >= 4 is 5.91 Å². The first-order valence-corrected chi connectivity index (χ1v) is 9.09. The van der Waals surface area contributed by atoms with Crippen LogP contribution in [0.4, 0.5) is 0 Å². The zero-order valence-corrected chi connectivity index (χ0v) is 15.2. The Morgan fingerprint density at radius 1 is 1.08 bits per heavy atom. The molecule has 0 spiro atoms. The molecule has 1 aromatic heterocycles. The Morgan fingerprint density at radius 2 is 1.80 bits per heavy atom. The highest BCUT2D eigenvalue weighted by atomic mass is 16.5. The van der Waals surface area contributed by atoms with Crippen LogP contribution in [0.3, 0.4) is 0 Å². The van der Waals surface area contributed by atoms with Gasteiger partial charge in [0.15, 0.2) is 0 Å². The quantitative estimate of drug-likeness (QED) is 0.810. The van der Waals surface area contributed by atoms with Crippen molar-refractivity contribution in [2.45, 2.75) is 33.1 Å². The van der Waals surface area contributed by atoms with Crippen LogP contribution in [0.5, 0.6) is 0 Å². The minimum Gasteiger partial charge on any atom is -0.361 e. The molecule has 0 N–H and O–H groups in total. The number of hydrogen-bond acceptors (Lipinski definition) is 4. The molecule has 3 rings (SSSR count). The molecule has 0 atom stereocenters. The van der Waals surface area contributed by atoms with Crippen LogP contribution in [0.25, 0.3) is 0 Å². The van der Waals surface area contributed by atoms with E-state index < -0.39 is 0 Å². The van der Waals surface area contributed by atoms with Crippen molar-refractivity contribution < 1.29 is 9.32 Å². The van der Waals surface area contributed by atoms with Gasteiger partial charge in [0.05, 0.1) is 5.69 Å². The lowest BCUT2D eigenvalue weighted by molar-refractivity contribution is -0.132. The molecule has 1 amide bonds. The first-order chi connectivity index (χ1) is 12.1.